The van der Waals surface area contributed by atoms with E-state index in [1.54, 1.807) is 18.2 Å². The lowest BCUT2D eigenvalue weighted by Gasteiger charge is -2.20. The number of nitrogens with one attached hydrogen (secondary N) is 1. The van der Waals surface area contributed by atoms with Gasteiger partial charge in [-0.25, -0.2) is 4.79 Å². The fourth-order valence-electron chi connectivity index (χ4n) is 1.94. The zero-order chi connectivity index (χ0) is 14.9. The molecule has 1 aromatic rings. The van der Waals surface area contributed by atoms with E-state index in [1.807, 2.05) is 13.8 Å². The van der Waals surface area contributed by atoms with Gasteiger partial charge in [0.25, 0.3) is 0 Å². The van der Waals surface area contributed by atoms with Crippen molar-refractivity contribution in [3.05, 3.63) is 28.2 Å². The molecule has 0 radical (unpaired) electrons. The first kappa shape index (κ1) is 14.9. The molecule has 0 bridgehead atoms. The molecule has 1 aliphatic heterocycles. The van der Waals surface area contributed by atoms with Gasteiger partial charge in [0.05, 0.1) is 0 Å². The highest BCUT2D eigenvalue weighted by atomic mass is 35.5. The van der Waals surface area contributed by atoms with E-state index in [0.29, 0.717) is 15.7 Å². The van der Waals surface area contributed by atoms with Gasteiger partial charge >= 0.3 is 6.03 Å². The summed E-state index contributed by atoms with van der Waals surface area (Å²) in [5.41, 5.74) is 0.590. The Morgan fingerprint density at radius 3 is 2.40 bits per heavy atom. The molecule has 0 aromatic heterocycles. The van der Waals surface area contributed by atoms with E-state index in [2.05, 4.69) is 5.32 Å². The number of hydrogen-bond donors (Lipinski definition) is 1. The maximum atomic E-state index is 12.0. The Morgan fingerprint density at radius 1 is 1.25 bits per heavy atom. The molecular weight excluding hydrogens is 301 g/mol. The fraction of sp³-hybridized carbons (Fsp3) is 0.385. The van der Waals surface area contributed by atoms with E-state index in [4.69, 9.17) is 23.2 Å². The highest BCUT2D eigenvalue weighted by Crippen LogP contribution is 2.27. The third-order valence-corrected chi connectivity index (χ3v) is 3.23. The lowest BCUT2D eigenvalue weighted by Crippen LogP contribution is -2.42. The number of hydrogen-bond acceptors (Lipinski definition) is 2. The van der Waals surface area contributed by atoms with Gasteiger partial charge < -0.3 is 5.32 Å². The van der Waals surface area contributed by atoms with Crippen molar-refractivity contribution in [2.24, 2.45) is 0 Å². The minimum absolute atomic E-state index is 0.0206. The van der Waals surface area contributed by atoms with Crippen molar-refractivity contribution in [1.29, 1.82) is 0 Å². The molecule has 1 fully saturated rings. The van der Waals surface area contributed by atoms with E-state index in [-0.39, 0.29) is 31.2 Å². The molecule has 20 heavy (non-hydrogen) atoms. The topological polar surface area (TPSA) is 52.7 Å². The van der Waals surface area contributed by atoms with Crippen molar-refractivity contribution in [2.45, 2.75) is 19.9 Å². The highest BCUT2D eigenvalue weighted by molar-refractivity contribution is 6.35. The molecule has 2 rings (SSSR count). The van der Waals surface area contributed by atoms with E-state index in [9.17, 15) is 9.59 Å². The fourth-order valence-corrected chi connectivity index (χ4v) is 2.46. The van der Waals surface area contributed by atoms with Crippen molar-refractivity contribution in [3.8, 4) is 0 Å². The molecule has 1 aromatic carbocycles. The van der Waals surface area contributed by atoms with Crippen molar-refractivity contribution >= 4 is 40.8 Å². The van der Waals surface area contributed by atoms with Crippen LogP contribution in [0.4, 0.5) is 10.5 Å². The van der Waals surface area contributed by atoms with Gasteiger partial charge in [0.15, 0.2) is 0 Å². The van der Waals surface area contributed by atoms with Crippen LogP contribution in [0.3, 0.4) is 0 Å². The molecule has 1 heterocycles. The van der Waals surface area contributed by atoms with Crippen LogP contribution in [0.2, 0.25) is 10.0 Å². The number of nitrogens with zero attached hydrogens (tertiary/aromatic N) is 2. The Labute approximate surface area is 127 Å². The highest BCUT2D eigenvalue weighted by Gasteiger charge is 2.32. The Bertz CT molecular complexity index is 528. The maximum Gasteiger partial charge on any atom is 0.319 e. The second kappa shape index (κ2) is 5.89. The molecule has 7 heteroatoms. The lowest BCUT2D eigenvalue weighted by atomic mass is 10.3. The van der Waals surface area contributed by atoms with Gasteiger partial charge in [-0.05, 0) is 32.0 Å². The smallest absolute Gasteiger partial charge is 0.319 e. The number of urea groups is 1. The number of carbonyl (C=O) groups excluding carboxylic acids is 2. The van der Waals surface area contributed by atoms with Gasteiger partial charge in [-0.15, -0.1) is 0 Å². The van der Waals surface area contributed by atoms with Crippen LogP contribution in [-0.4, -0.2) is 36.1 Å². The predicted molar refractivity (Wildman–Crippen MR) is 79.2 cm³/mol. The average molecular weight is 316 g/mol. The zero-order valence-electron chi connectivity index (χ0n) is 11.2. The summed E-state index contributed by atoms with van der Waals surface area (Å²) in [6, 6.07) is 4.65. The first-order valence-corrected chi connectivity index (χ1v) is 6.94. The molecule has 5 nitrogen and oxygen atoms in total. The van der Waals surface area contributed by atoms with Gasteiger partial charge in [0.1, 0.15) is 13.2 Å². The number of carbonyl (C=O) groups is 2. The van der Waals surface area contributed by atoms with Crippen LogP contribution >= 0.6 is 23.2 Å². The summed E-state index contributed by atoms with van der Waals surface area (Å²) >= 11 is 11.9. The molecule has 0 aliphatic carbocycles. The molecule has 1 N–H and O–H groups in total. The third kappa shape index (κ3) is 3.35. The van der Waals surface area contributed by atoms with Crippen LogP contribution in [0.25, 0.3) is 0 Å². The number of amides is 3. The molecule has 108 valence electrons. The van der Waals surface area contributed by atoms with Gasteiger partial charge in [0, 0.05) is 21.8 Å². The number of rotatable bonds is 2. The maximum absolute atomic E-state index is 12.0. The van der Waals surface area contributed by atoms with Crippen LogP contribution < -0.4 is 10.2 Å². The summed E-state index contributed by atoms with van der Waals surface area (Å²) in [6.07, 6.45) is 0. The molecule has 0 spiro atoms. The Morgan fingerprint density at radius 2 is 1.85 bits per heavy atom. The predicted octanol–water partition coefficient (Wildman–Crippen LogP) is 2.72. The van der Waals surface area contributed by atoms with Gasteiger partial charge in [-0.1, -0.05) is 23.2 Å². The van der Waals surface area contributed by atoms with E-state index in [0.717, 1.165) is 0 Å². The molecule has 1 aliphatic rings. The van der Waals surface area contributed by atoms with Crippen LogP contribution in [0, 0.1) is 0 Å². The molecule has 0 unspecified atom stereocenters. The SMILES string of the molecule is CC(C)NC(=O)N1CC(=O)N(c2cc(Cl)cc(Cl)c2)C1. The first-order valence-electron chi connectivity index (χ1n) is 6.18. The van der Waals surface area contributed by atoms with Crippen molar-refractivity contribution in [1.82, 2.24) is 10.2 Å². The molecule has 1 saturated heterocycles. The minimum Gasteiger partial charge on any atom is -0.336 e. The summed E-state index contributed by atoms with van der Waals surface area (Å²) in [5.74, 6) is -0.165. The third-order valence-electron chi connectivity index (χ3n) is 2.80. The summed E-state index contributed by atoms with van der Waals surface area (Å²) in [4.78, 5) is 26.8. The lowest BCUT2D eigenvalue weighted by molar-refractivity contribution is -0.116. The van der Waals surface area contributed by atoms with Crippen molar-refractivity contribution in [2.75, 3.05) is 18.1 Å². The number of benzene rings is 1. The monoisotopic (exact) mass is 315 g/mol. The molecular formula is C13H15Cl2N3O2. The minimum atomic E-state index is -0.260. The van der Waals surface area contributed by atoms with Gasteiger partial charge in [0.2, 0.25) is 5.91 Å². The number of anilines is 1. The summed E-state index contributed by atoms with van der Waals surface area (Å²) in [7, 11) is 0. The summed E-state index contributed by atoms with van der Waals surface area (Å²) < 4.78 is 0. The van der Waals surface area contributed by atoms with E-state index >= 15 is 0 Å². The van der Waals surface area contributed by atoms with Crippen LogP contribution in [0.1, 0.15) is 13.8 Å². The van der Waals surface area contributed by atoms with Gasteiger partial charge in [-0.2, -0.15) is 0 Å². The normalized spacial score (nSPS) is 15.2. The van der Waals surface area contributed by atoms with E-state index < -0.39 is 0 Å². The van der Waals surface area contributed by atoms with Crippen LogP contribution in [0.15, 0.2) is 18.2 Å². The summed E-state index contributed by atoms with van der Waals surface area (Å²) in [6.45, 7) is 3.96. The Kier molecular flexibility index (Phi) is 4.40. The van der Waals surface area contributed by atoms with E-state index in [1.165, 1.54) is 9.80 Å². The quantitative estimate of drug-likeness (QED) is 0.912. The molecule has 3 amide bonds. The van der Waals surface area contributed by atoms with Gasteiger partial charge in [-0.3, -0.25) is 14.6 Å². The van der Waals surface area contributed by atoms with Crippen molar-refractivity contribution in [3.63, 3.8) is 0 Å². The molecule has 0 atom stereocenters. The largest absolute Gasteiger partial charge is 0.336 e. The standard InChI is InChI=1S/C13H15Cl2N3O2/c1-8(2)16-13(20)17-6-12(19)18(7-17)11-4-9(14)3-10(15)5-11/h3-5,8H,6-7H2,1-2H3,(H,16,20). The number of halogens is 2. The zero-order valence-corrected chi connectivity index (χ0v) is 12.7. The Balaban J connectivity index is 2.15. The second-order valence-corrected chi connectivity index (χ2v) is 5.77. The van der Waals surface area contributed by atoms with Crippen LogP contribution in [0.5, 0.6) is 0 Å². The Hall–Kier alpha value is -1.46. The van der Waals surface area contributed by atoms with Crippen molar-refractivity contribution < 1.29 is 9.59 Å². The second-order valence-electron chi connectivity index (χ2n) is 4.89. The van der Waals surface area contributed by atoms with Crippen LogP contribution in [-0.2, 0) is 4.79 Å². The molecule has 0 saturated carbocycles. The first-order chi connectivity index (χ1) is 9.36. The average Bonchev–Trinajstić information content (AvgIpc) is 2.69. The summed E-state index contributed by atoms with van der Waals surface area (Å²) in [5, 5.41) is 3.65.